The molecule has 2 rings (SSSR count). The fourth-order valence-corrected chi connectivity index (χ4v) is 2.18. The summed E-state index contributed by atoms with van der Waals surface area (Å²) < 4.78 is 19.1. The molecule has 0 saturated carbocycles. The first kappa shape index (κ1) is 13.1. The Morgan fingerprint density at radius 2 is 2.17 bits per heavy atom. The van der Waals surface area contributed by atoms with Crippen LogP contribution in [0.1, 0.15) is 22.9 Å². The molecular formula is C14H15ClFNO. The summed E-state index contributed by atoms with van der Waals surface area (Å²) in [6, 6.07) is 6.42. The van der Waals surface area contributed by atoms with Crippen LogP contribution in [-0.2, 0) is 6.42 Å². The largest absolute Gasteiger partial charge is 0.467 e. The molecule has 1 N–H and O–H groups in total. The first-order chi connectivity index (χ1) is 8.61. The van der Waals surface area contributed by atoms with Gasteiger partial charge in [-0.3, -0.25) is 0 Å². The summed E-state index contributed by atoms with van der Waals surface area (Å²) in [5.41, 5.74) is 1.63. The predicted molar refractivity (Wildman–Crippen MR) is 70.4 cm³/mol. The Morgan fingerprint density at radius 3 is 2.78 bits per heavy atom. The normalized spacial score (nSPS) is 12.7. The van der Waals surface area contributed by atoms with Gasteiger partial charge in [0.2, 0.25) is 0 Å². The van der Waals surface area contributed by atoms with Crippen molar-refractivity contribution in [3.8, 4) is 0 Å². The lowest BCUT2D eigenvalue weighted by atomic mass is 10.0. The molecule has 2 aromatic rings. The highest BCUT2D eigenvalue weighted by Crippen LogP contribution is 2.25. The van der Waals surface area contributed by atoms with Gasteiger partial charge in [0.05, 0.1) is 12.3 Å². The van der Waals surface area contributed by atoms with Crippen LogP contribution in [0.25, 0.3) is 0 Å². The maximum atomic E-state index is 13.7. The van der Waals surface area contributed by atoms with Crippen LogP contribution in [0.2, 0.25) is 5.02 Å². The molecule has 96 valence electrons. The second-order valence-electron chi connectivity index (χ2n) is 4.25. The number of nitrogens with one attached hydrogen (secondary N) is 1. The van der Waals surface area contributed by atoms with Crippen molar-refractivity contribution in [2.45, 2.75) is 19.4 Å². The minimum Gasteiger partial charge on any atom is -0.467 e. The molecule has 0 spiro atoms. The lowest BCUT2D eigenvalue weighted by Gasteiger charge is -2.15. The summed E-state index contributed by atoms with van der Waals surface area (Å²) in [7, 11) is 1.83. The highest BCUT2D eigenvalue weighted by molar-refractivity contribution is 6.30. The van der Waals surface area contributed by atoms with Crippen LogP contribution in [0.5, 0.6) is 0 Å². The number of hydrogen-bond acceptors (Lipinski definition) is 2. The molecule has 0 aliphatic heterocycles. The van der Waals surface area contributed by atoms with Crippen LogP contribution in [0, 0.1) is 12.7 Å². The highest BCUT2D eigenvalue weighted by atomic mass is 35.5. The Hall–Kier alpha value is -1.32. The summed E-state index contributed by atoms with van der Waals surface area (Å²) in [5.74, 6) is 0.584. The summed E-state index contributed by atoms with van der Waals surface area (Å²) in [5, 5.41) is 3.68. The lowest BCUT2D eigenvalue weighted by Crippen LogP contribution is -2.19. The third-order valence-corrected chi connectivity index (χ3v) is 3.23. The van der Waals surface area contributed by atoms with Gasteiger partial charge in [-0.1, -0.05) is 11.6 Å². The second kappa shape index (κ2) is 5.55. The van der Waals surface area contributed by atoms with Gasteiger partial charge in [-0.2, -0.15) is 0 Å². The number of halogens is 2. The molecule has 4 heteroatoms. The zero-order chi connectivity index (χ0) is 13.1. The molecule has 0 amide bonds. The number of hydrogen-bond donors (Lipinski definition) is 1. The summed E-state index contributed by atoms with van der Waals surface area (Å²) >= 11 is 5.89. The van der Waals surface area contributed by atoms with E-state index in [-0.39, 0.29) is 11.9 Å². The molecule has 1 atom stereocenters. The quantitative estimate of drug-likeness (QED) is 0.909. The zero-order valence-corrected chi connectivity index (χ0v) is 11.1. The van der Waals surface area contributed by atoms with E-state index >= 15 is 0 Å². The van der Waals surface area contributed by atoms with E-state index in [0.29, 0.717) is 17.0 Å². The van der Waals surface area contributed by atoms with Crippen molar-refractivity contribution in [2.75, 3.05) is 7.05 Å². The zero-order valence-electron chi connectivity index (χ0n) is 10.3. The predicted octanol–water partition coefficient (Wildman–Crippen LogP) is 3.88. The Labute approximate surface area is 111 Å². The Balaban J connectivity index is 2.26. The van der Waals surface area contributed by atoms with Crippen molar-refractivity contribution in [3.63, 3.8) is 0 Å². The molecular weight excluding hydrogens is 253 g/mol. The van der Waals surface area contributed by atoms with E-state index < -0.39 is 0 Å². The molecule has 1 heterocycles. The van der Waals surface area contributed by atoms with E-state index in [1.165, 1.54) is 6.07 Å². The lowest BCUT2D eigenvalue weighted by molar-refractivity contribution is 0.422. The summed E-state index contributed by atoms with van der Waals surface area (Å²) in [4.78, 5) is 0. The first-order valence-electron chi connectivity index (χ1n) is 5.77. The number of rotatable bonds is 4. The molecule has 0 radical (unpaired) electrons. The smallest absolute Gasteiger partial charge is 0.126 e. The van der Waals surface area contributed by atoms with E-state index in [1.807, 2.05) is 20.0 Å². The van der Waals surface area contributed by atoms with E-state index in [9.17, 15) is 4.39 Å². The first-order valence-corrected chi connectivity index (χ1v) is 6.14. The molecule has 1 aromatic carbocycles. The summed E-state index contributed by atoms with van der Waals surface area (Å²) in [6.07, 6.45) is 2.14. The minimum atomic E-state index is -0.246. The van der Waals surface area contributed by atoms with Gasteiger partial charge in [0, 0.05) is 5.02 Å². The van der Waals surface area contributed by atoms with Gasteiger partial charge in [0.15, 0.2) is 0 Å². The Morgan fingerprint density at radius 1 is 1.39 bits per heavy atom. The van der Waals surface area contributed by atoms with Crippen LogP contribution >= 0.6 is 11.6 Å². The average Bonchev–Trinajstić information content (AvgIpc) is 2.77. The van der Waals surface area contributed by atoms with Crippen molar-refractivity contribution in [2.24, 2.45) is 0 Å². The van der Waals surface area contributed by atoms with Crippen LogP contribution in [0.4, 0.5) is 4.39 Å². The highest BCUT2D eigenvalue weighted by Gasteiger charge is 2.17. The van der Waals surface area contributed by atoms with Gasteiger partial charge in [0.25, 0.3) is 0 Å². The molecule has 0 bridgehead atoms. The SMILES string of the molecule is CNC(Cc1cc(Cl)ccc1F)c1occc1C. The fraction of sp³-hybridized carbons (Fsp3) is 0.286. The Bertz CT molecular complexity index is 538. The molecule has 0 fully saturated rings. The molecule has 2 nitrogen and oxygen atoms in total. The van der Waals surface area contributed by atoms with Gasteiger partial charge in [-0.15, -0.1) is 0 Å². The monoisotopic (exact) mass is 267 g/mol. The van der Waals surface area contributed by atoms with Gasteiger partial charge >= 0.3 is 0 Å². The molecule has 0 aliphatic rings. The third-order valence-electron chi connectivity index (χ3n) is 3.00. The number of aryl methyl sites for hydroxylation is 1. The van der Waals surface area contributed by atoms with Gasteiger partial charge < -0.3 is 9.73 Å². The Kier molecular flexibility index (Phi) is 4.04. The van der Waals surface area contributed by atoms with E-state index in [2.05, 4.69) is 5.32 Å². The number of benzene rings is 1. The van der Waals surface area contributed by atoms with Crippen LogP contribution in [-0.4, -0.2) is 7.05 Å². The van der Waals surface area contributed by atoms with Gasteiger partial charge in [0.1, 0.15) is 11.6 Å². The van der Waals surface area contributed by atoms with Gasteiger partial charge in [-0.25, -0.2) is 4.39 Å². The molecule has 1 unspecified atom stereocenters. The average molecular weight is 268 g/mol. The minimum absolute atomic E-state index is 0.0621. The van der Waals surface area contributed by atoms with Crippen molar-refractivity contribution in [1.82, 2.24) is 5.32 Å². The van der Waals surface area contributed by atoms with E-state index in [4.69, 9.17) is 16.0 Å². The van der Waals surface area contributed by atoms with Gasteiger partial charge in [-0.05, 0) is 55.8 Å². The van der Waals surface area contributed by atoms with Crippen LogP contribution in [0.15, 0.2) is 34.9 Å². The topological polar surface area (TPSA) is 25.2 Å². The third kappa shape index (κ3) is 2.74. The van der Waals surface area contributed by atoms with E-state index in [0.717, 1.165) is 11.3 Å². The molecule has 1 aromatic heterocycles. The van der Waals surface area contributed by atoms with E-state index in [1.54, 1.807) is 18.4 Å². The van der Waals surface area contributed by atoms with Crippen molar-refractivity contribution in [3.05, 3.63) is 58.3 Å². The van der Waals surface area contributed by atoms with Crippen LogP contribution < -0.4 is 5.32 Å². The standard InChI is InChI=1S/C14H15ClFNO/c1-9-5-6-18-14(9)13(17-2)8-10-7-11(15)3-4-12(10)16/h3-7,13,17H,8H2,1-2H3. The maximum absolute atomic E-state index is 13.7. The number of furan rings is 1. The maximum Gasteiger partial charge on any atom is 0.126 e. The molecule has 0 aliphatic carbocycles. The number of likely N-dealkylation sites (N-methyl/N-ethyl adjacent to an activating group) is 1. The summed E-state index contributed by atoms with van der Waals surface area (Å²) in [6.45, 7) is 1.97. The molecule has 0 saturated heterocycles. The van der Waals surface area contributed by atoms with Crippen LogP contribution in [0.3, 0.4) is 0 Å². The fourth-order valence-electron chi connectivity index (χ4n) is 1.99. The van der Waals surface area contributed by atoms with Crippen molar-refractivity contribution < 1.29 is 8.81 Å². The second-order valence-corrected chi connectivity index (χ2v) is 4.69. The van der Waals surface area contributed by atoms with Crippen molar-refractivity contribution >= 4 is 11.6 Å². The van der Waals surface area contributed by atoms with Crippen molar-refractivity contribution in [1.29, 1.82) is 0 Å². The molecule has 18 heavy (non-hydrogen) atoms.